The van der Waals surface area contributed by atoms with Crippen molar-refractivity contribution in [2.45, 2.75) is 44.3 Å². The van der Waals surface area contributed by atoms with Crippen molar-refractivity contribution in [2.75, 3.05) is 20.6 Å². The lowest BCUT2D eigenvalue weighted by Gasteiger charge is -2.33. The van der Waals surface area contributed by atoms with Gasteiger partial charge in [0.05, 0.1) is 13.1 Å². The molecule has 20 heavy (non-hydrogen) atoms. The van der Waals surface area contributed by atoms with Gasteiger partial charge in [-0.2, -0.15) is 0 Å². The van der Waals surface area contributed by atoms with Gasteiger partial charge in [0.25, 0.3) is 0 Å². The van der Waals surface area contributed by atoms with Crippen LogP contribution in [-0.4, -0.2) is 48.4 Å². The molecule has 1 aromatic rings. The highest BCUT2D eigenvalue weighted by atomic mass is 32.1. The van der Waals surface area contributed by atoms with Gasteiger partial charge in [-0.15, -0.1) is 11.3 Å². The summed E-state index contributed by atoms with van der Waals surface area (Å²) in [4.78, 5) is 17.5. The Hall–Kier alpha value is -0.910. The maximum absolute atomic E-state index is 12.3. The van der Waals surface area contributed by atoms with Crippen molar-refractivity contribution in [1.82, 2.24) is 9.80 Å². The molecule has 0 atom stereocenters. The van der Waals surface area contributed by atoms with Crippen molar-refractivity contribution in [3.63, 3.8) is 0 Å². The third-order valence-electron chi connectivity index (χ3n) is 4.15. The summed E-state index contributed by atoms with van der Waals surface area (Å²) in [6.07, 6.45) is 4.38. The molecule has 0 saturated heterocycles. The van der Waals surface area contributed by atoms with Crippen molar-refractivity contribution in [3.05, 3.63) is 22.4 Å². The minimum Gasteiger partial charge on any atom is -0.340 e. The molecule has 0 aromatic carbocycles. The molecule has 0 unspecified atom stereocenters. The van der Waals surface area contributed by atoms with Gasteiger partial charge in [0.2, 0.25) is 5.91 Å². The minimum absolute atomic E-state index is 0.191. The largest absolute Gasteiger partial charge is 0.340 e. The fourth-order valence-electron chi connectivity index (χ4n) is 2.73. The molecule has 1 fully saturated rings. The number of amides is 1. The molecule has 0 aliphatic heterocycles. The van der Waals surface area contributed by atoms with Crippen LogP contribution in [0, 0.1) is 0 Å². The van der Waals surface area contributed by atoms with E-state index in [0.29, 0.717) is 25.2 Å². The van der Waals surface area contributed by atoms with E-state index in [2.05, 4.69) is 18.0 Å². The van der Waals surface area contributed by atoms with Crippen LogP contribution in [0.25, 0.3) is 0 Å². The molecule has 112 valence electrons. The molecule has 1 aliphatic rings. The molecule has 4 nitrogen and oxygen atoms in total. The average molecular weight is 295 g/mol. The molecule has 1 aromatic heterocycles. The highest BCUT2D eigenvalue weighted by Gasteiger charge is 2.24. The van der Waals surface area contributed by atoms with Crippen LogP contribution in [-0.2, 0) is 11.3 Å². The van der Waals surface area contributed by atoms with Crippen molar-refractivity contribution >= 4 is 17.2 Å². The lowest BCUT2D eigenvalue weighted by Crippen LogP contribution is -2.44. The van der Waals surface area contributed by atoms with E-state index in [4.69, 9.17) is 5.73 Å². The number of rotatable bonds is 5. The number of carbonyl (C=O) groups is 1. The molecule has 0 radical (unpaired) electrons. The van der Waals surface area contributed by atoms with E-state index in [1.807, 2.05) is 23.4 Å². The van der Waals surface area contributed by atoms with Crippen molar-refractivity contribution < 1.29 is 4.79 Å². The Labute approximate surface area is 125 Å². The second kappa shape index (κ2) is 7.20. The van der Waals surface area contributed by atoms with Gasteiger partial charge in [0.15, 0.2) is 0 Å². The van der Waals surface area contributed by atoms with Crippen LogP contribution in [0.3, 0.4) is 0 Å². The molecule has 0 spiro atoms. The zero-order chi connectivity index (χ0) is 14.5. The number of carbonyl (C=O) groups excluding carboxylic acids is 1. The summed E-state index contributed by atoms with van der Waals surface area (Å²) in [6, 6.07) is 4.96. The molecular weight excluding hydrogens is 270 g/mol. The summed E-state index contributed by atoms with van der Waals surface area (Å²) in [5.74, 6) is 0.191. The highest BCUT2D eigenvalue weighted by Crippen LogP contribution is 2.21. The molecule has 0 bridgehead atoms. The van der Waals surface area contributed by atoms with Gasteiger partial charge in [-0.3, -0.25) is 9.69 Å². The van der Waals surface area contributed by atoms with Crippen LogP contribution in [0.1, 0.15) is 30.6 Å². The predicted molar refractivity (Wildman–Crippen MR) is 83.7 cm³/mol. The third kappa shape index (κ3) is 4.30. The maximum Gasteiger partial charge on any atom is 0.236 e. The van der Waals surface area contributed by atoms with E-state index >= 15 is 0 Å². The standard InChI is InChI=1S/C15H25N3OS/c1-17(13-7-5-12(16)6-8-13)11-15(19)18(2)10-14-4-3-9-20-14/h3-4,9,12-13H,5-8,10-11,16H2,1-2H3. The van der Waals surface area contributed by atoms with E-state index < -0.39 is 0 Å². The van der Waals surface area contributed by atoms with Crippen LogP contribution in [0.4, 0.5) is 0 Å². The normalized spacial score (nSPS) is 23.0. The van der Waals surface area contributed by atoms with Crippen LogP contribution < -0.4 is 5.73 Å². The summed E-state index contributed by atoms with van der Waals surface area (Å²) < 4.78 is 0. The van der Waals surface area contributed by atoms with E-state index in [1.54, 1.807) is 11.3 Å². The van der Waals surface area contributed by atoms with Crippen LogP contribution in [0.15, 0.2) is 17.5 Å². The zero-order valence-corrected chi connectivity index (χ0v) is 13.2. The average Bonchev–Trinajstić information content (AvgIpc) is 2.92. The van der Waals surface area contributed by atoms with Gasteiger partial charge >= 0.3 is 0 Å². The summed E-state index contributed by atoms with van der Waals surface area (Å²) in [6.45, 7) is 1.21. The highest BCUT2D eigenvalue weighted by molar-refractivity contribution is 7.09. The summed E-state index contributed by atoms with van der Waals surface area (Å²) in [7, 11) is 3.94. The first kappa shape index (κ1) is 15.5. The maximum atomic E-state index is 12.3. The summed E-state index contributed by atoms with van der Waals surface area (Å²) >= 11 is 1.69. The smallest absolute Gasteiger partial charge is 0.236 e. The number of nitrogens with zero attached hydrogens (tertiary/aromatic N) is 2. The van der Waals surface area contributed by atoms with Gasteiger partial charge < -0.3 is 10.6 Å². The number of nitrogens with two attached hydrogens (primary N) is 1. The number of hydrogen-bond donors (Lipinski definition) is 1. The van der Waals surface area contributed by atoms with Crippen LogP contribution in [0.2, 0.25) is 0 Å². The fraction of sp³-hybridized carbons (Fsp3) is 0.667. The molecule has 2 rings (SSSR count). The molecule has 1 amide bonds. The fourth-order valence-corrected chi connectivity index (χ4v) is 3.49. The second-order valence-corrected chi connectivity index (χ2v) is 6.85. The first-order chi connectivity index (χ1) is 9.56. The van der Waals surface area contributed by atoms with E-state index in [0.717, 1.165) is 25.7 Å². The van der Waals surface area contributed by atoms with Crippen LogP contribution in [0.5, 0.6) is 0 Å². The van der Waals surface area contributed by atoms with E-state index in [-0.39, 0.29) is 5.91 Å². The lowest BCUT2D eigenvalue weighted by molar-refractivity contribution is -0.132. The number of likely N-dealkylation sites (N-methyl/N-ethyl adjacent to an activating group) is 2. The van der Waals surface area contributed by atoms with Gasteiger partial charge in [-0.25, -0.2) is 0 Å². The van der Waals surface area contributed by atoms with Gasteiger partial charge in [-0.05, 0) is 44.2 Å². The van der Waals surface area contributed by atoms with Crippen molar-refractivity contribution in [3.8, 4) is 0 Å². The van der Waals surface area contributed by atoms with Crippen molar-refractivity contribution in [2.24, 2.45) is 5.73 Å². The Balaban J connectivity index is 1.78. The van der Waals surface area contributed by atoms with E-state index in [1.165, 1.54) is 4.88 Å². The molecule has 1 aliphatic carbocycles. The molecule has 1 heterocycles. The second-order valence-electron chi connectivity index (χ2n) is 5.81. The third-order valence-corrected chi connectivity index (χ3v) is 5.01. The summed E-state index contributed by atoms with van der Waals surface area (Å²) in [5.41, 5.74) is 5.93. The molecule has 1 saturated carbocycles. The van der Waals surface area contributed by atoms with Gasteiger partial charge in [0.1, 0.15) is 0 Å². The zero-order valence-electron chi connectivity index (χ0n) is 12.4. The monoisotopic (exact) mass is 295 g/mol. The number of thiophene rings is 1. The Bertz CT molecular complexity index is 413. The summed E-state index contributed by atoms with van der Waals surface area (Å²) in [5, 5.41) is 2.05. The SMILES string of the molecule is CN(Cc1cccs1)C(=O)CN(C)C1CCC(N)CC1. The van der Waals surface area contributed by atoms with Crippen LogP contribution >= 0.6 is 11.3 Å². The lowest BCUT2D eigenvalue weighted by atomic mass is 9.91. The number of hydrogen-bond acceptors (Lipinski definition) is 4. The first-order valence-electron chi connectivity index (χ1n) is 7.28. The van der Waals surface area contributed by atoms with Crippen molar-refractivity contribution in [1.29, 1.82) is 0 Å². The van der Waals surface area contributed by atoms with Gasteiger partial charge in [0, 0.05) is 24.0 Å². The first-order valence-corrected chi connectivity index (χ1v) is 8.16. The minimum atomic E-state index is 0.191. The molecule has 2 N–H and O–H groups in total. The Kier molecular flexibility index (Phi) is 5.57. The molecular formula is C15H25N3OS. The Morgan fingerprint density at radius 1 is 1.35 bits per heavy atom. The molecule has 5 heteroatoms. The van der Waals surface area contributed by atoms with E-state index in [9.17, 15) is 4.79 Å². The Morgan fingerprint density at radius 2 is 2.05 bits per heavy atom. The predicted octanol–water partition coefficient (Wildman–Crippen LogP) is 1.91. The van der Waals surface area contributed by atoms with Gasteiger partial charge in [-0.1, -0.05) is 6.07 Å². The topological polar surface area (TPSA) is 49.6 Å². The quantitative estimate of drug-likeness (QED) is 0.903. The Morgan fingerprint density at radius 3 is 2.65 bits per heavy atom.